The fraction of sp³-hybridized carbons (Fsp3) is 0.188. The van der Waals surface area contributed by atoms with Crippen LogP contribution in [0.4, 0.5) is 4.39 Å². The van der Waals surface area contributed by atoms with Crippen molar-refractivity contribution in [3.05, 3.63) is 53.8 Å². The zero-order valence-corrected chi connectivity index (χ0v) is 10.7. The van der Waals surface area contributed by atoms with Gasteiger partial charge in [0.2, 0.25) is 0 Å². The summed E-state index contributed by atoms with van der Waals surface area (Å²) in [7, 11) is 0. The molecule has 4 heteroatoms. The minimum Gasteiger partial charge on any atom is -0.490 e. The van der Waals surface area contributed by atoms with Crippen molar-refractivity contribution in [2.24, 2.45) is 0 Å². The van der Waals surface area contributed by atoms with E-state index in [-0.39, 0.29) is 17.2 Å². The number of hydrogen-bond donors (Lipinski definition) is 1. The molecule has 1 fully saturated rings. The smallest absolute Gasteiger partial charge is 0.338 e. The molecular weight excluding hydrogens is 259 g/mol. The van der Waals surface area contributed by atoms with Crippen molar-refractivity contribution < 1.29 is 19.0 Å². The van der Waals surface area contributed by atoms with Gasteiger partial charge in [0.05, 0.1) is 11.7 Å². The van der Waals surface area contributed by atoms with E-state index in [9.17, 15) is 9.18 Å². The Hall–Kier alpha value is -2.36. The van der Waals surface area contributed by atoms with Crippen LogP contribution in [0.15, 0.2) is 42.5 Å². The van der Waals surface area contributed by atoms with Crippen LogP contribution in [0.25, 0.3) is 11.1 Å². The van der Waals surface area contributed by atoms with Crippen molar-refractivity contribution in [1.29, 1.82) is 0 Å². The van der Waals surface area contributed by atoms with Crippen LogP contribution in [0.3, 0.4) is 0 Å². The maximum absolute atomic E-state index is 14.2. The van der Waals surface area contributed by atoms with E-state index in [0.717, 1.165) is 12.8 Å². The van der Waals surface area contributed by atoms with Gasteiger partial charge in [-0.2, -0.15) is 0 Å². The maximum atomic E-state index is 14.2. The normalized spacial score (nSPS) is 14.1. The molecule has 1 aliphatic rings. The van der Waals surface area contributed by atoms with Crippen LogP contribution in [0, 0.1) is 5.82 Å². The van der Waals surface area contributed by atoms with Gasteiger partial charge in [-0.3, -0.25) is 0 Å². The average Bonchev–Trinajstić information content (AvgIpc) is 3.23. The maximum Gasteiger partial charge on any atom is 0.338 e. The fourth-order valence-corrected chi connectivity index (χ4v) is 2.04. The van der Waals surface area contributed by atoms with E-state index in [1.807, 2.05) is 6.07 Å². The molecule has 0 amide bonds. The van der Waals surface area contributed by atoms with Crippen LogP contribution in [-0.2, 0) is 0 Å². The number of benzene rings is 2. The lowest BCUT2D eigenvalue weighted by atomic mass is 10.0. The summed E-state index contributed by atoms with van der Waals surface area (Å²) in [5.41, 5.74) is 0.561. The number of hydrogen-bond acceptors (Lipinski definition) is 2. The van der Waals surface area contributed by atoms with Gasteiger partial charge in [0.1, 0.15) is 11.6 Å². The predicted molar refractivity (Wildman–Crippen MR) is 72.4 cm³/mol. The molecule has 102 valence electrons. The zero-order chi connectivity index (χ0) is 14.1. The highest BCUT2D eigenvalue weighted by Crippen LogP contribution is 2.31. The lowest BCUT2D eigenvalue weighted by Gasteiger charge is -2.09. The predicted octanol–water partition coefficient (Wildman–Crippen LogP) is 3.73. The molecule has 2 aromatic rings. The minimum absolute atomic E-state index is 0.264. The number of halogens is 1. The number of aromatic carboxylic acids is 1. The molecular formula is C16H13FO3. The highest BCUT2D eigenvalue weighted by Gasteiger charge is 2.23. The Kier molecular flexibility index (Phi) is 3.14. The lowest BCUT2D eigenvalue weighted by Crippen LogP contribution is -2.02. The summed E-state index contributed by atoms with van der Waals surface area (Å²) < 4.78 is 19.9. The van der Waals surface area contributed by atoms with Crippen LogP contribution in [-0.4, -0.2) is 17.2 Å². The summed E-state index contributed by atoms with van der Waals surface area (Å²) in [5.74, 6) is -1.30. The summed E-state index contributed by atoms with van der Waals surface area (Å²) in [5, 5.41) is 8.95. The number of carboxylic acids is 1. The molecule has 20 heavy (non-hydrogen) atoms. The topological polar surface area (TPSA) is 46.5 Å². The van der Waals surface area contributed by atoms with E-state index in [1.165, 1.54) is 12.1 Å². The second-order valence-electron chi connectivity index (χ2n) is 4.82. The Morgan fingerprint density at radius 3 is 2.65 bits per heavy atom. The van der Waals surface area contributed by atoms with Gasteiger partial charge in [-0.05, 0) is 36.6 Å². The van der Waals surface area contributed by atoms with Gasteiger partial charge < -0.3 is 9.84 Å². The quantitative estimate of drug-likeness (QED) is 0.922. The van der Waals surface area contributed by atoms with Crippen molar-refractivity contribution >= 4 is 5.97 Å². The molecule has 3 nitrogen and oxygen atoms in total. The minimum atomic E-state index is -1.27. The second kappa shape index (κ2) is 4.96. The molecule has 2 aromatic carbocycles. The Balaban J connectivity index is 1.99. The van der Waals surface area contributed by atoms with Gasteiger partial charge in [-0.1, -0.05) is 24.3 Å². The van der Waals surface area contributed by atoms with Crippen molar-refractivity contribution in [2.45, 2.75) is 18.9 Å². The number of carboxylic acid groups (broad SMARTS) is 1. The average molecular weight is 272 g/mol. The Labute approximate surface area is 115 Å². The van der Waals surface area contributed by atoms with Crippen LogP contribution < -0.4 is 4.74 Å². The summed E-state index contributed by atoms with van der Waals surface area (Å²) >= 11 is 0. The summed E-state index contributed by atoms with van der Waals surface area (Å²) in [6.45, 7) is 0. The third-order valence-corrected chi connectivity index (χ3v) is 3.20. The van der Waals surface area contributed by atoms with E-state index < -0.39 is 11.8 Å². The van der Waals surface area contributed by atoms with Crippen molar-refractivity contribution in [3.63, 3.8) is 0 Å². The first kappa shape index (κ1) is 12.7. The van der Waals surface area contributed by atoms with Crippen molar-refractivity contribution in [3.8, 4) is 16.9 Å². The lowest BCUT2D eigenvalue weighted by molar-refractivity contribution is 0.0692. The highest BCUT2D eigenvalue weighted by molar-refractivity contribution is 5.90. The summed E-state index contributed by atoms with van der Waals surface area (Å²) in [6.07, 6.45) is 2.36. The van der Waals surface area contributed by atoms with E-state index in [2.05, 4.69) is 0 Å². The molecule has 1 N–H and O–H groups in total. The van der Waals surface area contributed by atoms with Crippen LogP contribution in [0.5, 0.6) is 5.75 Å². The van der Waals surface area contributed by atoms with E-state index in [1.54, 1.807) is 24.3 Å². The van der Waals surface area contributed by atoms with Crippen LogP contribution in [0.2, 0.25) is 0 Å². The fourth-order valence-electron chi connectivity index (χ4n) is 2.04. The van der Waals surface area contributed by atoms with Crippen molar-refractivity contribution in [2.75, 3.05) is 0 Å². The first-order chi connectivity index (χ1) is 9.65. The van der Waals surface area contributed by atoms with E-state index in [0.29, 0.717) is 11.3 Å². The zero-order valence-electron chi connectivity index (χ0n) is 10.7. The third kappa shape index (κ3) is 2.50. The molecule has 0 saturated heterocycles. The van der Waals surface area contributed by atoms with E-state index >= 15 is 0 Å². The molecule has 0 aromatic heterocycles. The molecule has 3 rings (SSSR count). The van der Waals surface area contributed by atoms with Crippen LogP contribution in [0.1, 0.15) is 23.2 Å². The van der Waals surface area contributed by atoms with Crippen LogP contribution >= 0.6 is 0 Å². The highest BCUT2D eigenvalue weighted by atomic mass is 19.1. The Morgan fingerprint density at radius 1 is 1.20 bits per heavy atom. The number of carbonyl (C=O) groups is 1. The summed E-state index contributed by atoms with van der Waals surface area (Å²) in [6, 6.07) is 11.4. The molecule has 0 atom stereocenters. The number of ether oxygens (including phenoxy) is 1. The van der Waals surface area contributed by atoms with Gasteiger partial charge in [-0.15, -0.1) is 0 Å². The first-order valence-electron chi connectivity index (χ1n) is 6.44. The molecule has 0 spiro atoms. The molecule has 0 heterocycles. The molecule has 0 unspecified atom stereocenters. The Bertz CT molecular complexity index is 663. The van der Waals surface area contributed by atoms with Gasteiger partial charge >= 0.3 is 5.97 Å². The SMILES string of the molecule is O=C(O)c1cccc(-c2cccc(OC3CC3)c2)c1F. The molecule has 1 saturated carbocycles. The third-order valence-electron chi connectivity index (χ3n) is 3.20. The standard InChI is InChI=1S/C16H13FO3/c17-15-13(5-2-6-14(15)16(18)19)10-3-1-4-12(9-10)20-11-7-8-11/h1-6,9,11H,7-8H2,(H,18,19). The number of rotatable bonds is 4. The molecule has 1 aliphatic carbocycles. The van der Waals surface area contributed by atoms with Gasteiger partial charge in [0.15, 0.2) is 0 Å². The molecule has 0 radical (unpaired) electrons. The largest absolute Gasteiger partial charge is 0.490 e. The molecule has 0 aliphatic heterocycles. The molecule has 0 bridgehead atoms. The monoisotopic (exact) mass is 272 g/mol. The van der Waals surface area contributed by atoms with Gasteiger partial charge in [0, 0.05) is 5.56 Å². The Morgan fingerprint density at radius 2 is 1.95 bits per heavy atom. The first-order valence-corrected chi connectivity index (χ1v) is 6.44. The summed E-state index contributed by atoms with van der Waals surface area (Å²) in [4.78, 5) is 11.0. The van der Waals surface area contributed by atoms with E-state index in [4.69, 9.17) is 9.84 Å². The second-order valence-corrected chi connectivity index (χ2v) is 4.82. The van der Waals surface area contributed by atoms with Crippen molar-refractivity contribution in [1.82, 2.24) is 0 Å². The van der Waals surface area contributed by atoms with Gasteiger partial charge in [-0.25, -0.2) is 9.18 Å². The van der Waals surface area contributed by atoms with Gasteiger partial charge in [0.25, 0.3) is 0 Å².